The zero-order chi connectivity index (χ0) is 17.7. The van der Waals surface area contributed by atoms with E-state index >= 15 is 0 Å². The Morgan fingerprint density at radius 3 is 2.58 bits per heavy atom. The monoisotopic (exact) mass is 327 g/mol. The Labute approximate surface area is 143 Å². The Kier molecular flexibility index (Phi) is 5.87. The van der Waals surface area contributed by atoms with Crippen LogP contribution in [0.3, 0.4) is 0 Å². The maximum absolute atomic E-state index is 12.3. The third kappa shape index (κ3) is 5.03. The summed E-state index contributed by atoms with van der Waals surface area (Å²) in [5, 5.41) is 6.15. The van der Waals surface area contributed by atoms with Crippen molar-refractivity contribution in [3.63, 3.8) is 0 Å². The predicted octanol–water partition coefficient (Wildman–Crippen LogP) is 2.44. The van der Waals surface area contributed by atoms with Gasteiger partial charge in [-0.1, -0.05) is 12.1 Å². The van der Waals surface area contributed by atoms with E-state index in [9.17, 15) is 4.79 Å². The van der Waals surface area contributed by atoms with E-state index in [0.29, 0.717) is 23.9 Å². The molecule has 0 saturated carbocycles. The summed E-state index contributed by atoms with van der Waals surface area (Å²) >= 11 is 0. The number of nitrogens with one attached hydrogen (secondary N) is 2. The minimum absolute atomic E-state index is 0.189. The van der Waals surface area contributed by atoms with Crippen LogP contribution in [0.4, 0.5) is 11.5 Å². The zero-order valence-corrected chi connectivity index (χ0v) is 15.0. The highest BCUT2D eigenvalue weighted by atomic mass is 16.1. The van der Waals surface area contributed by atoms with Crippen molar-refractivity contribution >= 4 is 17.4 Å². The summed E-state index contributed by atoms with van der Waals surface area (Å²) in [6, 6.07) is 7.86. The van der Waals surface area contributed by atoms with Gasteiger partial charge in [0.05, 0.1) is 0 Å². The molecule has 0 fully saturated rings. The predicted molar refractivity (Wildman–Crippen MR) is 96.9 cm³/mol. The Balaban J connectivity index is 2.16. The number of hydrogen-bond donors (Lipinski definition) is 2. The van der Waals surface area contributed by atoms with Crippen LogP contribution in [0, 0.1) is 20.8 Å². The number of likely N-dealkylation sites (N-methyl/N-ethyl adjacent to an activating group) is 1. The third-order valence-corrected chi connectivity index (χ3v) is 3.57. The van der Waals surface area contributed by atoms with Gasteiger partial charge in [-0.15, -0.1) is 0 Å². The maximum atomic E-state index is 12.3. The molecule has 0 radical (unpaired) electrons. The molecule has 0 bridgehead atoms. The van der Waals surface area contributed by atoms with Gasteiger partial charge in [-0.3, -0.25) is 4.79 Å². The quantitative estimate of drug-likeness (QED) is 0.853. The highest BCUT2D eigenvalue weighted by molar-refractivity contribution is 5.93. The van der Waals surface area contributed by atoms with E-state index in [1.54, 1.807) is 13.0 Å². The second kappa shape index (κ2) is 7.88. The van der Waals surface area contributed by atoms with Crippen molar-refractivity contribution in [2.24, 2.45) is 0 Å². The van der Waals surface area contributed by atoms with Crippen molar-refractivity contribution in [1.29, 1.82) is 0 Å². The van der Waals surface area contributed by atoms with E-state index in [1.165, 1.54) is 0 Å². The molecule has 6 nitrogen and oxygen atoms in total. The van der Waals surface area contributed by atoms with Crippen LogP contribution in [0.2, 0.25) is 0 Å². The van der Waals surface area contributed by atoms with E-state index in [1.807, 2.05) is 32.8 Å². The molecule has 24 heavy (non-hydrogen) atoms. The lowest BCUT2D eigenvalue weighted by molar-refractivity contribution is 0.0945. The summed E-state index contributed by atoms with van der Waals surface area (Å²) in [5.41, 5.74) is 3.63. The van der Waals surface area contributed by atoms with Crippen molar-refractivity contribution in [2.45, 2.75) is 20.8 Å². The number of amides is 1. The molecule has 1 aromatic heterocycles. The van der Waals surface area contributed by atoms with Gasteiger partial charge in [0.1, 0.15) is 17.3 Å². The van der Waals surface area contributed by atoms with Gasteiger partial charge in [0, 0.05) is 24.8 Å². The number of aryl methyl sites for hydroxylation is 3. The number of hydrogen-bond acceptors (Lipinski definition) is 5. The van der Waals surface area contributed by atoms with Crippen LogP contribution >= 0.6 is 0 Å². The van der Waals surface area contributed by atoms with Crippen molar-refractivity contribution in [2.75, 3.05) is 32.5 Å². The molecule has 0 aliphatic rings. The fourth-order valence-electron chi connectivity index (χ4n) is 2.24. The molecule has 0 aliphatic heterocycles. The highest BCUT2D eigenvalue weighted by Gasteiger charge is 2.11. The summed E-state index contributed by atoms with van der Waals surface area (Å²) in [6.07, 6.45) is 0. The fraction of sp³-hybridized carbons (Fsp3) is 0.389. The normalized spacial score (nSPS) is 10.8. The molecule has 2 aromatic rings. The first-order chi connectivity index (χ1) is 11.3. The Morgan fingerprint density at radius 2 is 1.88 bits per heavy atom. The summed E-state index contributed by atoms with van der Waals surface area (Å²) in [5.74, 6) is 0.989. The Morgan fingerprint density at radius 1 is 1.12 bits per heavy atom. The third-order valence-electron chi connectivity index (χ3n) is 3.57. The van der Waals surface area contributed by atoms with Gasteiger partial charge >= 0.3 is 0 Å². The van der Waals surface area contributed by atoms with Crippen LogP contribution in [0.1, 0.15) is 27.4 Å². The minimum Gasteiger partial charge on any atom is -0.349 e. The lowest BCUT2D eigenvalue weighted by Crippen LogP contribution is -2.32. The number of benzene rings is 1. The lowest BCUT2D eigenvalue weighted by Gasteiger charge is -2.12. The molecular weight excluding hydrogens is 302 g/mol. The van der Waals surface area contributed by atoms with Gasteiger partial charge in [-0.2, -0.15) is 0 Å². The van der Waals surface area contributed by atoms with E-state index in [-0.39, 0.29) is 5.91 Å². The van der Waals surface area contributed by atoms with E-state index in [0.717, 1.165) is 23.4 Å². The van der Waals surface area contributed by atoms with Crippen LogP contribution in [-0.2, 0) is 0 Å². The van der Waals surface area contributed by atoms with Crippen molar-refractivity contribution in [1.82, 2.24) is 20.2 Å². The molecule has 1 amide bonds. The molecule has 0 saturated heterocycles. The molecule has 2 rings (SSSR count). The van der Waals surface area contributed by atoms with Gasteiger partial charge < -0.3 is 15.5 Å². The largest absolute Gasteiger partial charge is 0.349 e. The molecule has 1 heterocycles. The van der Waals surface area contributed by atoms with Crippen LogP contribution in [0.25, 0.3) is 0 Å². The summed E-state index contributed by atoms with van der Waals surface area (Å²) in [7, 11) is 3.93. The van der Waals surface area contributed by atoms with Crippen LogP contribution in [0.15, 0.2) is 24.3 Å². The summed E-state index contributed by atoms with van der Waals surface area (Å²) in [4.78, 5) is 22.9. The highest BCUT2D eigenvalue weighted by Crippen LogP contribution is 2.21. The van der Waals surface area contributed by atoms with Gasteiger partial charge in [-0.25, -0.2) is 9.97 Å². The second-order valence-electron chi connectivity index (χ2n) is 6.19. The molecule has 0 spiro atoms. The summed E-state index contributed by atoms with van der Waals surface area (Å²) in [6.45, 7) is 7.22. The lowest BCUT2D eigenvalue weighted by atomic mass is 10.1. The summed E-state index contributed by atoms with van der Waals surface area (Å²) < 4.78 is 0. The molecule has 0 aliphatic carbocycles. The van der Waals surface area contributed by atoms with Gasteiger partial charge in [-0.05, 0) is 52.1 Å². The zero-order valence-electron chi connectivity index (χ0n) is 15.0. The van der Waals surface area contributed by atoms with E-state index in [2.05, 4.69) is 38.8 Å². The fourth-order valence-corrected chi connectivity index (χ4v) is 2.24. The standard InChI is InChI=1S/C18H25N5O/c1-12-6-7-13(2)15(10-12)22-17-11-16(20-14(3)21-17)18(24)19-8-9-23(4)5/h6-7,10-11H,8-9H2,1-5H3,(H,19,24)(H,20,21,22). The van der Waals surface area contributed by atoms with E-state index < -0.39 is 0 Å². The van der Waals surface area contributed by atoms with Crippen molar-refractivity contribution < 1.29 is 4.79 Å². The molecular formula is C18H25N5O. The molecule has 0 atom stereocenters. The molecule has 6 heteroatoms. The number of carbonyl (C=O) groups excluding carboxylic acids is 1. The first kappa shape index (κ1) is 17.9. The smallest absolute Gasteiger partial charge is 0.270 e. The molecule has 2 N–H and O–H groups in total. The van der Waals surface area contributed by atoms with Gasteiger partial charge in [0.25, 0.3) is 5.91 Å². The number of aromatic nitrogens is 2. The first-order valence-electron chi connectivity index (χ1n) is 7.98. The SMILES string of the molecule is Cc1ccc(C)c(Nc2cc(C(=O)NCCN(C)C)nc(C)n2)c1. The van der Waals surface area contributed by atoms with Crippen LogP contribution in [-0.4, -0.2) is 48.0 Å². The Bertz CT molecular complexity index is 727. The topological polar surface area (TPSA) is 70.2 Å². The van der Waals surface area contributed by atoms with Crippen molar-refractivity contribution in [3.05, 3.63) is 46.9 Å². The van der Waals surface area contributed by atoms with Crippen LogP contribution < -0.4 is 10.6 Å². The number of anilines is 2. The number of nitrogens with zero attached hydrogens (tertiary/aromatic N) is 3. The molecule has 1 aromatic carbocycles. The molecule has 0 unspecified atom stereocenters. The molecule has 128 valence electrons. The van der Waals surface area contributed by atoms with E-state index in [4.69, 9.17) is 0 Å². The average molecular weight is 327 g/mol. The minimum atomic E-state index is -0.189. The second-order valence-corrected chi connectivity index (χ2v) is 6.19. The van der Waals surface area contributed by atoms with Gasteiger partial charge in [0.15, 0.2) is 0 Å². The first-order valence-corrected chi connectivity index (χ1v) is 7.98. The number of rotatable bonds is 6. The van der Waals surface area contributed by atoms with Crippen molar-refractivity contribution in [3.8, 4) is 0 Å². The number of carbonyl (C=O) groups is 1. The van der Waals surface area contributed by atoms with Crippen LogP contribution in [0.5, 0.6) is 0 Å². The van der Waals surface area contributed by atoms with Gasteiger partial charge in [0.2, 0.25) is 0 Å². The Hall–Kier alpha value is -2.47. The maximum Gasteiger partial charge on any atom is 0.270 e. The average Bonchev–Trinajstić information content (AvgIpc) is 2.50.